The molecule has 0 saturated heterocycles. The molecule has 0 spiro atoms. The van der Waals surface area contributed by atoms with E-state index in [9.17, 15) is 9.59 Å². The van der Waals surface area contributed by atoms with Crippen molar-refractivity contribution in [2.75, 3.05) is 13.3 Å². The van der Waals surface area contributed by atoms with Gasteiger partial charge in [-0.1, -0.05) is 54.3 Å². The summed E-state index contributed by atoms with van der Waals surface area (Å²) in [6, 6.07) is 5.61. The molecule has 1 aliphatic heterocycles. The Hall–Kier alpha value is -1.43. The number of amides is 2. The lowest BCUT2D eigenvalue weighted by Crippen LogP contribution is -2.60. The molecule has 0 saturated carbocycles. The summed E-state index contributed by atoms with van der Waals surface area (Å²) in [6.45, 7) is 23.8. The molecule has 0 aliphatic carbocycles. The number of ether oxygens (including phenoxy) is 2. The summed E-state index contributed by atoms with van der Waals surface area (Å²) >= 11 is 4.64. The number of hydrogen-bond donors (Lipinski definition) is 1. The first-order valence-corrected chi connectivity index (χ1v) is 19.0. The quantitative estimate of drug-likeness (QED) is 0.184. The van der Waals surface area contributed by atoms with Gasteiger partial charge >= 0.3 is 6.09 Å². The van der Waals surface area contributed by atoms with Crippen LogP contribution in [0, 0.1) is 11.7 Å². The molecule has 1 aliphatic rings. The van der Waals surface area contributed by atoms with Gasteiger partial charge in [0.15, 0.2) is 5.17 Å². The van der Waals surface area contributed by atoms with E-state index in [0.717, 1.165) is 6.04 Å². The van der Waals surface area contributed by atoms with Crippen molar-refractivity contribution >= 4 is 52.9 Å². The van der Waals surface area contributed by atoms with E-state index in [1.54, 1.807) is 32.9 Å². The second-order valence-electron chi connectivity index (χ2n) is 14.1. The normalized spacial score (nSPS) is 23.9. The van der Waals surface area contributed by atoms with E-state index >= 15 is 4.39 Å². The van der Waals surface area contributed by atoms with E-state index in [2.05, 4.69) is 40.9 Å². The molecule has 40 heavy (non-hydrogen) atoms. The molecule has 0 bridgehead atoms. The zero-order chi connectivity index (χ0) is 30.9. The fourth-order valence-electron chi connectivity index (χ4n) is 4.17. The van der Waals surface area contributed by atoms with Crippen LogP contribution in [0.1, 0.15) is 67.9 Å². The number of carbonyl (C=O) groups excluding carboxylic acids is 2. The van der Waals surface area contributed by atoms with Gasteiger partial charge in [0.05, 0.1) is 5.54 Å². The lowest BCUT2D eigenvalue weighted by molar-refractivity contribution is -0.126. The van der Waals surface area contributed by atoms with Crippen LogP contribution < -0.4 is 5.32 Å². The van der Waals surface area contributed by atoms with E-state index in [4.69, 9.17) is 14.5 Å². The highest BCUT2D eigenvalue weighted by molar-refractivity contribution is 9.10. The maximum absolute atomic E-state index is 15.4. The minimum Gasteiger partial charge on any atom is -0.443 e. The largest absolute Gasteiger partial charge is 0.443 e. The molecule has 0 radical (unpaired) electrons. The zero-order valence-electron chi connectivity index (χ0n) is 26.1. The highest BCUT2D eigenvalue weighted by Gasteiger charge is 2.56. The monoisotopic (exact) mass is 659 g/mol. The summed E-state index contributed by atoms with van der Waals surface area (Å²) in [4.78, 5) is 33.8. The van der Waals surface area contributed by atoms with Crippen LogP contribution >= 0.6 is 27.7 Å². The molecule has 1 heterocycles. The second kappa shape index (κ2) is 12.4. The fourth-order valence-corrected chi connectivity index (χ4v) is 6.69. The molecule has 1 N–H and O–H groups in total. The van der Waals surface area contributed by atoms with Crippen molar-refractivity contribution in [3.8, 4) is 0 Å². The summed E-state index contributed by atoms with van der Waals surface area (Å²) in [5.74, 6) is -1.13. The van der Waals surface area contributed by atoms with Gasteiger partial charge in [0.25, 0.3) is 0 Å². The predicted octanol–water partition coefficient (Wildman–Crippen LogP) is 7.77. The van der Waals surface area contributed by atoms with Gasteiger partial charge in [0.1, 0.15) is 22.9 Å². The summed E-state index contributed by atoms with van der Waals surface area (Å²) in [7, 11) is -1.38. The van der Waals surface area contributed by atoms with Crippen LogP contribution in [0.25, 0.3) is 0 Å². The number of aliphatic imine (C=N–C) groups is 1. The van der Waals surface area contributed by atoms with E-state index < -0.39 is 47.3 Å². The number of amidine groups is 1. The van der Waals surface area contributed by atoms with Crippen LogP contribution in [0.2, 0.25) is 25.7 Å². The Labute approximate surface area is 253 Å². The lowest BCUT2D eigenvalue weighted by atomic mass is 9.73. The number of halogens is 2. The van der Waals surface area contributed by atoms with Crippen LogP contribution in [0.15, 0.2) is 27.7 Å². The highest BCUT2D eigenvalue weighted by Crippen LogP contribution is 2.52. The standard InChI is InChI=1S/C29H47BrFN3O4SSi/c1-19-28(8,21-17-20(30)13-14-22(21)31)33-24(39-29(19,9)23(35)32-26(2,3)4)34(25(36)38-27(5,6)7)18-37-15-16-40(10,11)12/h13-14,17,19H,15-16,18H2,1-12H3,(H,32,35)/t19-,28-,29-/m0/s1. The fraction of sp³-hybridized carbons (Fsp3) is 0.690. The first kappa shape index (κ1) is 34.8. The van der Waals surface area contributed by atoms with Gasteiger partial charge in [-0.05, 0) is 79.6 Å². The SMILES string of the molecule is C[C@@H]1[C@@](C)(C(=O)NC(C)(C)C)SC(N(COCC[Si](C)(C)C)C(=O)OC(C)(C)C)=N[C@]1(C)c1cc(Br)ccc1F. The maximum atomic E-state index is 15.4. The van der Waals surface area contributed by atoms with Gasteiger partial charge in [0.2, 0.25) is 5.91 Å². The molecule has 0 aromatic heterocycles. The third-order valence-electron chi connectivity index (χ3n) is 6.78. The number of nitrogens with one attached hydrogen (secondary N) is 1. The van der Waals surface area contributed by atoms with Crippen LogP contribution in [-0.4, -0.2) is 59.4 Å². The van der Waals surface area contributed by atoms with Crippen LogP contribution in [0.4, 0.5) is 9.18 Å². The van der Waals surface area contributed by atoms with Gasteiger partial charge < -0.3 is 14.8 Å². The molecule has 226 valence electrons. The Kier molecular flexibility index (Phi) is 10.8. The van der Waals surface area contributed by atoms with Crippen molar-refractivity contribution in [3.05, 3.63) is 34.1 Å². The number of hydrogen-bond acceptors (Lipinski definition) is 6. The molecular weight excluding hydrogens is 613 g/mol. The number of rotatable bonds is 7. The number of benzene rings is 1. The van der Waals surface area contributed by atoms with Crippen molar-refractivity contribution in [3.63, 3.8) is 0 Å². The lowest BCUT2D eigenvalue weighted by Gasteiger charge is -2.48. The van der Waals surface area contributed by atoms with Crippen molar-refractivity contribution in [2.45, 2.75) is 109 Å². The Morgan fingerprint density at radius 3 is 2.30 bits per heavy atom. The highest BCUT2D eigenvalue weighted by atomic mass is 79.9. The van der Waals surface area contributed by atoms with Crippen LogP contribution in [-0.2, 0) is 19.8 Å². The Morgan fingerprint density at radius 1 is 1.18 bits per heavy atom. The van der Waals surface area contributed by atoms with Gasteiger partial charge in [-0.15, -0.1) is 0 Å². The summed E-state index contributed by atoms with van der Waals surface area (Å²) in [6.07, 6.45) is -0.642. The average Bonchev–Trinajstić information content (AvgIpc) is 2.75. The molecule has 1 aromatic rings. The second-order valence-corrected chi connectivity index (χ2v) is 22.0. The number of thioether (sulfide) groups is 1. The summed E-state index contributed by atoms with van der Waals surface area (Å²) < 4.78 is 26.8. The molecule has 0 unspecified atom stereocenters. The van der Waals surface area contributed by atoms with E-state index in [0.29, 0.717) is 16.6 Å². The van der Waals surface area contributed by atoms with Crippen molar-refractivity contribution < 1.29 is 23.5 Å². The molecular formula is C29H47BrFN3O4SSi. The molecule has 0 fully saturated rings. The summed E-state index contributed by atoms with van der Waals surface area (Å²) in [5.41, 5.74) is -2.15. The predicted molar refractivity (Wildman–Crippen MR) is 169 cm³/mol. The zero-order valence-corrected chi connectivity index (χ0v) is 29.5. The minimum absolute atomic E-state index is 0.104. The molecule has 1 aromatic carbocycles. The third kappa shape index (κ3) is 9.03. The van der Waals surface area contributed by atoms with E-state index in [1.165, 1.54) is 22.7 Å². The topological polar surface area (TPSA) is 80.2 Å². The average molecular weight is 661 g/mol. The molecule has 2 rings (SSSR count). The Morgan fingerprint density at radius 2 is 1.77 bits per heavy atom. The van der Waals surface area contributed by atoms with Crippen LogP contribution in [0.3, 0.4) is 0 Å². The van der Waals surface area contributed by atoms with Crippen molar-refractivity contribution in [2.24, 2.45) is 10.9 Å². The molecule has 7 nitrogen and oxygen atoms in total. The third-order valence-corrected chi connectivity index (χ3v) is 10.4. The summed E-state index contributed by atoms with van der Waals surface area (Å²) in [5, 5.41) is 3.34. The Bertz CT molecular complexity index is 1130. The molecule has 3 atom stereocenters. The van der Waals surface area contributed by atoms with E-state index in [1.807, 2.05) is 41.5 Å². The number of carbonyl (C=O) groups is 2. The van der Waals surface area contributed by atoms with E-state index in [-0.39, 0.29) is 17.8 Å². The van der Waals surface area contributed by atoms with Crippen LogP contribution in [0.5, 0.6) is 0 Å². The van der Waals surface area contributed by atoms with Gasteiger partial charge in [-0.3, -0.25) is 9.79 Å². The number of nitrogens with zero attached hydrogens (tertiary/aromatic N) is 2. The molecule has 2 amide bonds. The maximum Gasteiger partial charge on any atom is 0.418 e. The molecule has 11 heteroatoms. The first-order chi connectivity index (χ1) is 18.0. The minimum atomic E-state index is -1.38. The van der Waals surface area contributed by atoms with Crippen molar-refractivity contribution in [1.82, 2.24) is 10.2 Å². The smallest absolute Gasteiger partial charge is 0.418 e. The van der Waals surface area contributed by atoms with Crippen molar-refractivity contribution in [1.29, 1.82) is 0 Å². The first-order valence-electron chi connectivity index (χ1n) is 13.6. The van der Waals surface area contributed by atoms with Gasteiger partial charge in [0, 0.05) is 36.2 Å². The van der Waals surface area contributed by atoms with Gasteiger partial charge in [-0.2, -0.15) is 0 Å². The Balaban J connectivity index is 2.70. The van der Waals surface area contributed by atoms with Gasteiger partial charge in [-0.25, -0.2) is 14.1 Å².